The minimum Gasteiger partial charge on any atom is -0.384 e. The van der Waals surface area contributed by atoms with Gasteiger partial charge in [0.05, 0.1) is 67.6 Å². The van der Waals surface area contributed by atoms with Crippen LogP contribution in [0.5, 0.6) is 0 Å². The highest BCUT2D eigenvalue weighted by molar-refractivity contribution is 7.99. The molecule has 0 bridgehead atoms. The molecule has 67 heavy (non-hydrogen) atoms. The third kappa shape index (κ3) is 13.6. The zero-order valence-corrected chi connectivity index (χ0v) is 39.3. The number of nitrogen functional groups attached to an aromatic ring is 1. The molecule has 2 aromatic carbocycles. The largest absolute Gasteiger partial charge is 0.384 e. The summed E-state index contributed by atoms with van der Waals surface area (Å²) in [5, 5.41) is 17.3. The number of nitrogens with one attached hydrogen (secondary N) is 4. The number of nitrogens with two attached hydrogens (primary N) is 1. The van der Waals surface area contributed by atoms with Crippen molar-refractivity contribution in [2.75, 3.05) is 93.7 Å². The van der Waals surface area contributed by atoms with E-state index in [4.69, 9.17) is 36.3 Å². The van der Waals surface area contributed by atoms with Crippen molar-refractivity contribution >= 4 is 80.8 Å². The Morgan fingerprint density at radius 1 is 0.940 bits per heavy atom. The van der Waals surface area contributed by atoms with Gasteiger partial charge in [-0.15, -0.1) is 0 Å². The third-order valence-electron chi connectivity index (χ3n) is 12.0. The van der Waals surface area contributed by atoms with Gasteiger partial charge in [0.2, 0.25) is 17.7 Å². The van der Waals surface area contributed by atoms with Gasteiger partial charge in [-0.05, 0) is 69.1 Å². The summed E-state index contributed by atoms with van der Waals surface area (Å²) in [5.41, 5.74) is 7.28. The second kappa shape index (κ2) is 24.1. The summed E-state index contributed by atoms with van der Waals surface area (Å²) in [4.78, 5) is 74.6. The number of ether oxygens (including phenoxy) is 4. The Bertz CT molecular complexity index is 2440. The van der Waals surface area contributed by atoms with Crippen LogP contribution < -0.4 is 37.5 Å². The summed E-state index contributed by atoms with van der Waals surface area (Å²) in [7, 11) is 0. The molecular weight excluding hydrogens is 904 g/mol. The highest BCUT2D eigenvalue weighted by Gasteiger charge is 2.41. The minimum absolute atomic E-state index is 0.0142. The summed E-state index contributed by atoms with van der Waals surface area (Å²) >= 11 is 7.97. The van der Waals surface area contributed by atoms with E-state index in [-0.39, 0.29) is 48.8 Å². The Balaban J connectivity index is 0.695. The first-order chi connectivity index (χ1) is 32.5. The van der Waals surface area contributed by atoms with E-state index in [1.54, 1.807) is 36.7 Å². The fourth-order valence-electron chi connectivity index (χ4n) is 8.37. The molecule has 4 aromatic rings. The van der Waals surface area contributed by atoms with Crippen LogP contribution in [0.25, 0.3) is 10.8 Å². The quantitative estimate of drug-likeness (QED) is 0.0499. The smallest absolute Gasteiger partial charge is 0.277 e. The fourth-order valence-corrected chi connectivity index (χ4v) is 9.47. The second-order valence-electron chi connectivity index (χ2n) is 17.0. The first-order valence-electron chi connectivity index (χ1n) is 22.8. The lowest BCUT2D eigenvalue weighted by atomic mass is 9.77. The van der Waals surface area contributed by atoms with Crippen molar-refractivity contribution in [1.82, 2.24) is 30.4 Å². The molecule has 3 aliphatic heterocycles. The number of benzene rings is 2. The summed E-state index contributed by atoms with van der Waals surface area (Å²) < 4.78 is 23.9. The zero-order chi connectivity index (χ0) is 47.2. The molecule has 5 heterocycles. The van der Waals surface area contributed by atoms with Gasteiger partial charge in [0.1, 0.15) is 16.9 Å². The van der Waals surface area contributed by atoms with Gasteiger partial charge < -0.3 is 45.5 Å². The topological polar surface area (TPSA) is 243 Å². The maximum atomic E-state index is 13.3. The van der Waals surface area contributed by atoms with E-state index in [2.05, 4.69) is 48.2 Å². The Hall–Kier alpha value is -5.38. The number of nitrogens with zero attached hydrogens (tertiary/aromatic N) is 5. The molecule has 3 fully saturated rings. The number of amides is 4. The van der Waals surface area contributed by atoms with Gasteiger partial charge in [-0.3, -0.25) is 29.3 Å². The molecule has 4 amide bonds. The molecule has 0 saturated carbocycles. The Kier molecular flexibility index (Phi) is 17.8. The van der Waals surface area contributed by atoms with Crippen LogP contribution in [0.15, 0.2) is 63.5 Å². The van der Waals surface area contributed by atoms with E-state index in [1.807, 2.05) is 12.1 Å². The molecule has 0 radical (unpaired) electrons. The molecule has 21 heteroatoms. The SMILES string of the molecule is C[C@H]1CC2(CCN(c3cnc(Sc4cccc(NC(=O)CCC(=O)NCCCOCCOCCOCCCNc5cccc6cnn(C7CCC(=O)NC7=O)c(=O)c56)c4Cl)c(N)n3)CC2)CO1. The second-order valence-corrected chi connectivity index (χ2v) is 18.4. The average molecular weight is 964 g/mol. The highest BCUT2D eigenvalue weighted by Crippen LogP contribution is 2.43. The number of fused-ring (bicyclic) bond motifs is 1. The molecule has 360 valence electrons. The highest BCUT2D eigenvalue weighted by atomic mass is 35.5. The maximum Gasteiger partial charge on any atom is 0.277 e. The van der Waals surface area contributed by atoms with Crippen molar-refractivity contribution in [3.05, 3.63) is 64.2 Å². The van der Waals surface area contributed by atoms with Crippen LogP contribution in [0.2, 0.25) is 5.02 Å². The van der Waals surface area contributed by atoms with Crippen molar-refractivity contribution in [2.45, 2.75) is 86.8 Å². The maximum absolute atomic E-state index is 13.3. The van der Waals surface area contributed by atoms with Crippen molar-refractivity contribution in [1.29, 1.82) is 0 Å². The molecular formula is C46H59ClN10O9S. The van der Waals surface area contributed by atoms with Crippen molar-refractivity contribution in [3.63, 3.8) is 0 Å². The number of aromatic nitrogens is 4. The Morgan fingerprint density at radius 2 is 1.64 bits per heavy atom. The van der Waals surface area contributed by atoms with Crippen LogP contribution in [-0.4, -0.2) is 122 Å². The number of rotatable bonds is 23. The van der Waals surface area contributed by atoms with Crippen molar-refractivity contribution in [3.8, 4) is 0 Å². The van der Waals surface area contributed by atoms with Gasteiger partial charge in [-0.1, -0.05) is 41.6 Å². The average Bonchev–Trinajstić information content (AvgIpc) is 3.68. The van der Waals surface area contributed by atoms with Crippen LogP contribution in [0.3, 0.4) is 0 Å². The number of hydrogen-bond acceptors (Lipinski definition) is 16. The molecule has 7 rings (SSSR count). The monoisotopic (exact) mass is 962 g/mol. The van der Waals surface area contributed by atoms with Gasteiger partial charge in [0.15, 0.2) is 5.82 Å². The van der Waals surface area contributed by atoms with E-state index < -0.39 is 17.5 Å². The van der Waals surface area contributed by atoms with Crippen LogP contribution in [0, 0.1) is 5.41 Å². The van der Waals surface area contributed by atoms with Gasteiger partial charge in [0.25, 0.3) is 11.5 Å². The summed E-state index contributed by atoms with van der Waals surface area (Å²) in [6, 6.07) is 9.88. The first kappa shape index (κ1) is 49.5. The number of hydrogen-bond donors (Lipinski definition) is 5. The van der Waals surface area contributed by atoms with Gasteiger partial charge >= 0.3 is 0 Å². The van der Waals surface area contributed by atoms with E-state index in [0.717, 1.165) is 49.5 Å². The summed E-state index contributed by atoms with van der Waals surface area (Å²) in [6.45, 7) is 8.22. The zero-order valence-electron chi connectivity index (χ0n) is 37.7. The molecule has 3 aliphatic rings. The predicted molar refractivity (Wildman–Crippen MR) is 254 cm³/mol. The number of imide groups is 1. The molecule has 19 nitrogen and oxygen atoms in total. The molecule has 1 unspecified atom stereocenters. The molecule has 6 N–H and O–H groups in total. The van der Waals surface area contributed by atoms with Gasteiger partial charge in [0, 0.05) is 74.6 Å². The molecule has 2 atom stereocenters. The Labute approximate surface area is 397 Å². The molecule has 2 aromatic heterocycles. The molecule has 1 spiro atoms. The number of carbonyl (C=O) groups is 4. The molecule has 0 aliphatic carbocycles. The number of halogens is 1. The number of piperidine rings is 2. The number of anilines is 4. The standard InChI is InChI=1S/C46H59ClN10O9S/c1-30-26-46(29-66-30)14-18-56(19-15-46)36-28-51-44(42(48)54-36)67-35-9-3-8-33(41(35)47)53-38(59)13-12-37(58)50-17-5-21-64-23-25-65-24-22-63-20-4-16-49-32-7-2-6-31-27-52-57(45(62)40(31)32)34-10-11-39(60)55-43(34)61/h2-3,6-9,27-28,30,34,49H,4-5,10-26,29H2,1H3,(H2,48,54)(H,50,58)(H,53,59)(H,55,60,61)/t30-,34?/m0/s1. The predicted octanol–water partition coefficient (Wildman–Crippen LogP) is 4.72. The summed E-state index contributed by atoms with van der Waals surface area (Å²) in [6.07, 6.45) is 8.47. The van der Waals surface area contributed by atoms with Crippen molar-refractivity contribution < 1.29 is 38.1 Å². The Morgan fingerprint density at radius 3 is 2.36 bits per heavy atom. The number of carbonyl (C=O) groups excluding carboxylic acids is 4. The normalized spacial score (nSPS) is 18.0. The van der Waals surface area contributed by atoms with Crippen LogP contribution in [-0.2, 0) is 38.1 Å². The van der Waals surface area contributed by atoms with Gasteiger partial charge in [-0.2, -0.15) is 5.10 Å². The fraction of sp³-hybridized carbons (Fsp3) is 0.522. The third-order valence-corrected chi connectivity index (χ3v) is 13.6. The molecule has 3 saturated heterocycles. The lowest BCUT2D eigenvalue weighted by molar-refractivity contribution is -0.136. The lowest BCUT2D eigenvalue weighted by Gasteiger charge is -2.38. The van der Waals surface area contributed by atoms with Crippen LogP contribution in [0.4, 0.5) is 23.0 Å². The summed E-state index contributed by atoms with van der Waals surface area (Å²) in [5.74, 6) is -0.407. The minimum atomic E-state index is -0.835. The van der Waals surface area contributed by atoms with E-state index in [1.165, 1.54) is 11.8 Å². The van der Waals surface area contributed by atoms with Crippen LogP contribution >= 0.6 is 23.4 Å². The van der Waals surface area contributed by atoms with E-state index in [9.17, 15) is 24.0 Å². The lowest BCUT2D eigenvalue weighted by Crippen LogP contribution is -2.45. The van der Waals surface area contributed by atoms with E-state index >= 15 is 0 Å². The van der Waals surface area contributed by atoms with E-state index in [0.29, 0.717) is 115 Å². The van der Waals surface area contributed by atoms with Gasteiger partial charge in [-0.25, -0.2) is 14.6 Å². The van der Waals surface area contributed by atoms with Crippen molar-refractivity contribution in [2.24, 2.45) is 5.41 Å². The first-order valence-corrected chi connectivity index (χ1v) is 24.0. The van der Waals surface area contributed by atoms with Crippen LogP contribution in [0.1, 0.15) is 70.8 Å².